The molecule has 0 heterocycles. The molecule has 38 heavy (non-hydrogen) atoms. The van der Waals surface area contributed by atoms with E-state index in [4.69, 9.17) is 15.3 Å². The molecule has 0 saturated carbocycles. The molecule has 0 amide bonds. The first kappa shape index (κ1) is 32.3. The summed E-state index contributed by atoms with van der Waals surface area (Å²) in [5.41, 5.74) is 2.78. The van der Waals surface area contributed by atoms with Crippen molar-refractivity contribution in [2.45, 2.75) is 91.9 Å². The first-order valence-corrected chi connectivity index (χ1v) is 13.3. The summed E-state index contributed by atoms with van der Waals surface area (Å²) in [6, 6.07) is 6.26. The maximum Gasteiger partial charge on any atom is 0.336 e. The number of aryl methyl sites for hydroxylation is 2. The summed E-state index contributed by atoms with van der Waals surface area (Å²) in [6.07, 6.45) is 9.64. The number of aromatic carboxylic acids is 4. The van der Waals surface area contributed by atoms with E-state index in [1.807, 2.05) is 20.8 Å². The lowest BCUT2D eigenvalue weighted by atomic mass is 9.91. The van der Waals surface area contributed by atoms with Crippen molar-refractivity contribution >= 4 is 23.9 Å². The Labute approximate surface area is 224 Å². The normalized spacial score (nSPS) is 10.4. The number of carbonyl (C=O) groups is 4. The molecule has 4 N–H and O–H groups in total. The Kier molecular flexibility index (Phi) is 13.8. The number of benzene rings is 2. The Morgan fingerprint density at radius 2 is 0.947 bits per heavy atom. The van der Waals surface area contributed by atoms with Gasteiger partial charge in [-0.15, -0.1) is 0 Å². The van der Waals surface area contributed by atoms with Crippen molar-refractivity contribution in [3.63, 3.8) is 0 Å². The second-order valence-corrected chi connectivity index (χ2v) is 9.05. The Morgan fingerprint density at radius 3 is 1.34 bits per heavy atom. The third-order valence-electron chi connectivity index (χ3n) is 6.60. The quantitative estimate of drug-likeness (QED) is 0.197. The molecule has 0 radical (unpaired) electrons. The first-order chi connectivity index (χ1) is 18.0. The molecule has 0 fully saturated rings. The lowest BCUT2D eigenvalue weighted by Gasteiger charge is -2.13. The fourth-order valence-corrected chi connectivity index (χ4v) is 4.70. The molecule has 0 aliphatic rings. The maximum atomic E-state index is 11.4. The van der Waals surface area contributed by atoms with Crippen LogP contribution in [0.15, 0.2) is 24.3 Å². The molecule has 0 aromatic heterocycles. The van der Waals surface area contributed by atoms with E-state index in [1.165, 1.54) is 37.8 Å². The van der Waals surface area contributed by atoms with Crippen molar-refractivity contribution in [1.82, 2.24) is 0 Å². The summed E-state index contributed by atoms with van der Waals surface area (Å²) < 4.78 is 0. The standard InChI is InChI=1S/C18H26O4.C12H14O4/c1-3-5-6-7-8-9-10-13-11-12-15(17(19)20)16(18(21)22)14(13)4-2;1-3-7-5-6-9(11(13)14)10(12(15)16)8(7)4-2/h11-12H,3-10H2,1-2H3,(H,19,20)(H,21,22);5-6H,3-4H2,1-2H3,(H,13,14)(H,15,16). The van der Waals surface area contributed by atoms with Crippen LogP contribution < -0.4 is 0 Å². The molecule has 2 aromatic rings. The maximum absolute atomic E-state index is 11.4. The Morgan fingerprint density at radius 1 is 0.526 bits per heavy atom. The number of carboxylic acid groups (broad SMARTS) is 4. The van der Waals surface area contributed by atoms with Crippen molar-refractivity contribution in [3.05, 3.63) is 68.8 Å². The summed E-state index contributed by atoms with van der Waals surface area (Å²) in [4.78, 5) is 44.7. The minimum Gasteiger partial charge on any atom is -0.478 e. The molecule has 0 unspecified atom stereocenters. The number of carboxylic acids is 4. The molecule has 2 rings (SSSR count). The zero-order valence-corrected chi connectivity index (χ0v) is 22.8. The van der Waals surface area contributed by atoms with Gasteiger partial charge in [0.05, 0.1) is 22.3 Å². The van der Waals surface area contributed by atoms with Gasteiger partial charge in [-0.1, -0.05) is 71.9 Å². The first-order valence-electron chi connectivity index (χ1n) is 13.3. The second kappa shape index (κ2) is 16.2. The van der Waals surface area contributed by atoms with Crippen LogP contribution in [0.5, 0.6) is 0 Å². The molecule has 8 nitrogen and oxygen atoms in total. The molecule has 0 aliphatic carbocycles. The zero-order chi connectivity index (χ0) is 28.8. The van der Waals surface area contributed by atoms with Gasteiger partial charge in [0.15, 0.2) is 0 Å². The lowest BCUT2D eigenvalue weighted by Crippen LogP contribution is -2.13. The number of hydrogen-bond acceptors (Lipinski definition) is 4. The highest BCUT2D eigenvalue weighted by molar-refractivity contribution is 6.03. The van der Waals surface area contributed by atoms with Crippen LogP contribution in [0.3, 0.4) is 0 Å². The molecule has 8 heteroatoms. The van der Waals surface area contributed by atoms with Gasteiger partial charge >= 0.3 is 23.9 Å². The average Bonchev–Trinajstić information content (AvgIpc) is 2.88. The summed E-state index contributed by atoms with van der Waals surface area (Å²) in [5.74, 6) is -4.71. The van der Waals surface area contributed by atoms with E-state index in [0.717, 1.165) is 30.4 Å². The van der Waals surface area contributed by atoms with E-state index in [0.29, 0.717) is 30.4 Å². The molecule has 0 atom stereocenters. The van der Waals surface area contributed by atoms with Crippen LogP contribution in [0, 0.1) is 0 Å². The smallest absolute Gasteiger partial charge is 0.336 e. The number of unbranched alkanes of at least 4 members (excludes halogenated alkanes) is 5. The lowest BCUT2D eigenvalue weighted by molar-refractivity contribution is 0.0650. The monoisotopic (exact) mass is 528 g/mol. The second-order valence-electron chi connectivity index (χ2n) is 9.05. The highest BCUT2D eigenvalue weighted by Crippen LogP contribution is 2.23. The van der Waals surface area contributed by atoms with Gasteiger partial charge in [-0.2, -0.15) is 0 Å². The largest absolute Gasteiger partial charge is 0.478 e. The van der Waals surface area contributed by atoms with Crippen molar-refractivity contribution in [2.24, 2.45) is 0 Å². The minimum atomic E-state index is -1.20. The third-order valence-corrected chi connectivity index (χ3v) is 6.60. The van der Waals surface area contributed by atoms with Gasteiger partial charge in [-0.25, -0.2) is 19.2 Å². The van der Waals surface area contributed by atoms with Gasteiger partial charge in [0.25, 0.3) is 0 Å². The molecular weight excluding hydrogens is 488 g/mol. The van der Waals surface area contributed by atoms with Gasteiger partial charge in [-0.05, 0) is 66.5 Å². The molecular formula is C30H40O8. The Bertz CT molecular complexity index is 1130. The van der Waals surface area contributed by atoms with Crippen LogP contribution in [0.25, 0.3) is 0 Å². The minimum absolute atomic E-state index is 0.0431. The van der Waals surface area contributed by atoms with Crippen LogP contribution in [-0.2, 0) is 25.7 Å². The topological polar surface area (TPSA) is 149 Å². The molecule has 208 valence electrons. The fraction of sp³-hybridized carbons (Fsp3) is 0.467. The summed E-state index contributed by atoms with van der Waals surface area (Å²) in [6.45, 7) is 7.80. The van der Waals surface area contributed by atoms with Gasteiger partial charge in [0.2, 0.25) is 0 Å². The van der Waals surface area contributed by atoms with E-state index in [-0.39, 0.29) is 22.3 Å². The zero-order valence-electron chi connectivity index (χ0n) is 22.8. The van der Waals surface area contributed by atoms with Crippen LogP contribution in [0.2, 0.25) is 0 Å². The molecule has 0 spiro atoms. The Hall–Kier alpha value is -3.68. The van der Waals surface area contributed by atoms with Gasteiger partial charge < -0.3 is 20.4 Å². The molecule has 2 aromatic carbocycles. The van der Waals surface area contributed by atoms with Crippen LogP contribution in [-0.4, -0.2) is 44.3 Å². The van der Waals surface area contributed by atoms with E-state index in [1.54, 1.807) is 12.1 Å². The number of rotatable bonds is 14. The average molecular weight is 529 g/mol. The van der Waals surface area contributed by atoms with E-state index >= 15 is 0 Å². The Balaban J connectivity index is 0.000000399. The summed E-state index contributed by atoms with van der Waals surface area (Å²) >= 11 is 0. The third kappa shape index (κ3) is 8.71. The van der Waals surface area contributed by atoms with E-state index < -0.39 is 23.9 Å². The van der Waals surface area contributed by atoms with Crippen molar-refractivity contribution in [1.29, 1.82) is 0 Å². The fourth-order valence-electron chi connectivity index (χ4n) is 4.70. The molecule has 0 aliphatic heterocycles. The predicted octanol–water partition coefficient (Wildman–Crippen LogP) is 6.76. The summed E-state index contributed by atoms with van der Waals surface area (Å²) in [5, 5.41) is 36.5. The van der Waals surface area contributed by atoms with Gasteiger partial charge in [0, 0.05) is 0 Å². The summed E-state index contributed by atoms with van der Waals surface area (Å²) in [7, 11) is 0. The molecule has 0 bridgehead atoms. The van der Waals surface area contributed by atoms with Crippen molar-refractivity contribution in [2.75, 3.05) is 0 Å². The van der Waals surface area contributed by atoms with Gasteiger partial charge in [0.1, 0.15) is 0 Å². The van der Waals surface area contributed by atoms with Gasteiger partial charge in [-0.3, -0.25) is 0 Å². The number of hydrogen-bond donors (Lipinski definition) is 4. The van der Waals surface area contributed by atoms with Crippen LogP contribution in [0.4, 0.5) is 0 Å². The van der Waals surface area contributed by atoms with E-state index in [2.05, 4.69) is 6.92 Å². The highest BCUT2D eigenvalue weighted by Gasteiger charge is 2.22. The SMILES string of the molecule is CCCCCCCCc1ccc(C(=O)O)c(C(=O)O)c1CC.CCc1ccc(C(=O)O)c(C(=O)O)c1CC. The highest BCUT2D eigenvalue weighted by atomic mass is 16.4. The molecule has 0 saturated heterocycles. The van der Waals surface area contributed by atoms with Crippen molar-refractivity contribution in [3.8, 4) is 0 Å². The van der Waals surface area contributed by atoms with Crippen LogP contribution in [0.1, 0.15) is 130 Å². The van der Waals surface area contributed by atoms with E-state index in [9.17, 15) is 24.3 Å². The van der Waals surface area contributed by atoms with Crippen molar-refractivity contribution < 1.29 is 39.6 Å². The predicted molar refractivity (Wildman–Crippen MR) is 146 cm³/mol. The van der Waals surface area contributed by atoms with Crippen LogP contribution >= 0.6 is 0 Å².